The highest BCUT2D eigenvalue weighted by Crippen LogP contribution is 2.48. The van der Waals surface area contributed by atoms with Crippen LogP contribution in [0, 0.1) is 5.41 Å². The molecule has 92 valence electrons. The van der Waals surface area contributed by atoms with E-state index in [0.29, 0.717) is 12.8 Å². The summed E-state index contributed by atoms with van der Waals surface area (Å²) in [5.74, 6) is 0. The van der Waals surface area contributed by atoms with Crippen molar-refractivity contribution in [1.29, 1.82) is 0 Å². The number of aliphatic hydroxyl groups is 2. The molecule has 3 nitrogen and oxygen atoms in total. The fourth-order valence-corrected chi connectivity index (χ4v) is 3.14. The van der Waals surface area contributed by atoms with E-state index in [1.165, 1.54) is 0 Å². The van der Waals surface area contributed by atoms with E-state index in [1.54, 1.807) is 12.5 Å². The van der Waals surface area contributed by atoms with Gasteiger partial charge in [0.25, 0.3) is 0 Å². The van der Waals surface area contributed by atoms with Gasteiger partial charge in [-0.2, -0.15) is 0 Å². The molecule has 0 radical (unpaired) electrons. The summed E-state index contributed by atoms with van der Waals surface area (Å²) in [6.45, 7) is 4.25. The van der Waals surface area contributed by atoms with Gasteiger partial charge in [-0.3, -0.25) is 0 Å². The smallest absolute Gasteiger partial charge is 0.116 e. The van der Waals surface area contributed by atoms with Crippen molar-refractivity contribution >= 4 is 6.08 Å². The normalized spacial score (nSPS) is 34.8. The van der Waals surface area contributed by atoms with Gasteiger partial charge >= 0.3 is 0 Å². The minimum atomic E-state index is -1.09. The van der Waals surface area contributed by atoms with Gasteiger partial charge in [0.1, 0.15) is 5.60 Å². The predicted octanol–water partition coefficient (Wildman–Crippen LogP) is 2.13. The minimum Gasteiger partial charge on any atom is -0.472 e. The maximum atomic E-state index is 10.7. The average molecular weight is 234 g/mol. The molecule has 0 unspecified atom stereocenters. The Bertz CT molecular complexity index is 483. The number of rotatable bonds is 0. The van der Waals surface area contributed by atoms with E-state index in [4.69, 9.17) is 4.42 Å². The number of hydrogen-bond acceptors (Lipinski definition) is 3. The maximum Gasteiger partial charge on any atom is 0.116 e. The van der Waals surface area contributed by atoms with Crippen LogP contribution in [-0.4, -0.2) is 21.9 Å². The lowest BCUT2D eigenvalue weighted by atomic mass is 9.63. The Balaban J connectivity index is 2.09. The Morgan fingerprint density at radius 2 is 2.06 bits per heavy atom. The minimum absolute atomic E-state index is 0.0404. The van der Waals surface area contributed by atoms with Crippen molar-refractivity contribution in [2.45, 2.75) is 44.8 Å². The Hall–Kier alpha value is -1.06. The Labute approximate surface area is 101 Å². The summed E-state index contributed by atoms with van der Waals surface area (Å²) in [5, 5.41) is 20.9. The first-order valence-electron chi connectivity index (χ1n) is 6.07. The second-order valence-electron chi connectivity index (χ2n) is 6.18. The van der Waals surface area contributed by atoms with Gasteiger partial charge < -0.3 is 14.6 Å². The fraction of sp³-hybridized carbons (Fsp3) is 0.571. The van der Waals surface area contributed by atoms with Crippen molar-refractivity contribution < 1.29 is 14.6 Å². The molecule has 1 aromatic rings. The first kappa shape index (κ1) is 11.1. The third-order valence-electron chi connectivity index (χ3n) is 4.09. The molecule has 0 aliphatic heterocycles. The third kappa shape index (κ3) is 1.57. The van der Waals surface area contributed by atoms with Gasteiger partial charge in [0.15, 0.2) is 0 Å². The molecule has 3 heteroatoms. The lowest BCUT2D eigenvalue weighted by molar-refractivity contribution is -0.0881. The van der Waals surface area contributed by atoms with E-state index in [9.17, 15) is 10.2 Å². The molecule has 0 aromatic carbocycles. The molecule has 2 atom stereocenters. The Morgan fingerprint density at radius 3 is 2.82 bits per heavy atom. The Morgan fingerprint density at radius 1 is 1.29 bits per heavy atom. The zero-order valence-electron chi connectivity index (χ0n) is 10.2. The van der Waals surface area contributed by atoms with Crippen molar-refractivity contribution in [2.24, 2.45) is 5.41 Å². The molecule has 2 N–H and O–H groups in total. The number of aliphatic hydroxyl groups excluding tert-OH is 1. The molecule has 3 rings (SSSR count). The quantitative estimate of drug-likeness (QED) is 0.723. The largest absolute Gasteiger partial charge is 0.472 e. The van der Waals surface area contributed by atoms with Crippen LogP contribution in [0.4, 0.5) is 0 Å². The van der Waals surface area contributed by atoms with E-state index >= 15 is 0 Å². The molecular weight excluding hydrogens is 216 g/mol. The maximum absolute atomic E-state index is 10.7. The zero-order valence-corrected chi connectivity index (χ0v) is 10.2. The third-order valence-corrected chi connectivity index (χ3v) is 4.09. The first-order chi connectivity index (χ1) is 7.91. The van der Waals surface area contributed by atoms with Crippen molar-refractivity contribution in [2.75, 3.05) is 0 Å². The zero-order chi connectivity index (χ0) is 12.3. The van der Waals surface area contributed by atoms with E-state index < -0.39 is 11.7 Å². The average Bonchev–Trinajstić information content (AvgIpc) is 2.62. The van der Waals surface area contributed by atoms with Crippen molar-refractivity contribution in [3.63, 3.8) is 0 Å². The molecule has 0 amide bonds. The molecule has 0 bridgehead atoms. The summed E-state index contributed by atoms with van der Waals surface area (Å²) in [5.41, 5.74) is 1.91. The van der Waals surface area contributed by atoms with Crippen LogP contribution in [0.2, 0.25) is 0 Å². The van der Waals surface area contributed by atoms with Crippen LogP contribution < -0.4 is 0 Å². The van der Waals surface area contributed by atoms with E-state index in [2.05, 4.69) is 13.8 Å². The molecular formula is C14H18O3. The standard InChI is InChI=1S/C14H18O3/c1-13(2)5-11-3-9-7-17-8-10(9)4-14(11,16)12(15)6-13/h3,7-8,12,15-16H,4-6H2,1-2H3/t12-,14+/m0/s1. The molecule has 2 aliphatic rings. The summed E-state index contributed by atoms with van der Waals surface area (Å²) < 4.78 is 5.17. The number of furan rings is 1. The molecule has 17 heavy (non-hydrogen) atoms. The highest BCUT2D eigenvalue weighted by molar-refractivity contribution is 5.62. The highest BCUT2D eigenvalue weighted by atomic mass is 16.3. The molecule has 1 heterocycles. The predicted molar refractivity (Wildman–Crippen MR) is 64.4 cm³/mol. The second kappa shape index (κ2) is 3.24. The Kier molecular flexibility index (Phi) is 2.11. The molecule has 2 aliphatic carbocycles. The van der Waals surface area contributed by atoms with Gasteiger partial charge in [0.2, 0.25) is 0 Å². The van der Waals surface area contributed by atoms with Gasteiger partial charge in [-0.05, 0) is 29.9 Å². The van der Waals surface area contributed by atoms with Crippen LogP contribution in [0.5, 0.6) is 0 Å². The van der Waals surface area contributed by atoms with Crippen molar-refractivity contribution in [3.05, 3.63) is 29.2 Å². The summed E-state index contributed by atoms with van der Waals surface area (Å²) in [4.78, 5) is 0. The summed E-state index contributed by atoms with van der Waals surface area (Å²) >= 11 is 0. The van der Waals surface area contributed by atoms with Crippen LogP contribution in [-0.2, 0) is 6.42 Å². The van der Waals surface area contributed by atoms with Gasteiger partial charge in [-0.1, -0.05) is 13.8 Å². The van der Waals surface area contributed by atoms with Crippen LogP contribution in [0.25, 0.3) is 6.08 Å². The molecule has 1 saturated carbocycles. The summed E-state index contributed by atoms with van der Waals surface area (Å²) in [6, 6.07) is 0. The highest BCUT2D eigenvalue weighted by Gasteiger charge is 2.49. The number of fused-ring (bicyclic) bond motifs is 2. The SMILES string of the molecule is CC1(C)CC2=Cc3cocc3C[C@]2(O)[C@@H](O)C1. The fourth-order valence-electron chi connectivity index (χ4n) is 3.14. The van der Waals surface area contributed by atoms with Crippen molar-refractivity contribution in [3.8, 4) is 0 Å². The summed E-state index contributed by atoms with van der Waals surface area (Å²) in [6.07, 6.45) is 6.57. The van der Waals surface area contributed by atoms with Gasteiger partial charge in [-0.15, -0.1) is 0 Å². The van der Waals surface area contributed by atoms with Gasteiger partial charge in [0.05, 0.1) is 18.6 Å². The van der Waals surface area contributed by atoms with Crippen LogP contribution in [0.3, 0.4) is 0 Å². The van der Waals surface area contributed by atoms with E-state index in [1.807, 2.05) is 6.08 Å². The van der Waals surface area contributed by atoms with E-state index in [0.717, 1.165) is 23.1 Å². The molecule has 0 spiro atoms. The first-order valence-corrected chi connectivity index (χ1v) is 6.07. The topological polar surface area (TPSA) is 53.6 Å². The number of hydrogen-bond donors (Lipinski definition) is 2. The van der Waals surface area contributed by atoms with E-state index in [-0.39, 0.29) is 5.41 Å². The van der Waals surface area contributed by atoms with Crippen LogP contribution >= 0.6 is 0 Å². The lowest BCUT2D eigenvalue weighted by Crippen LogP contribution is -2.53. The molecule has 0 saturated heterocycles. The van der Waals surface area contributed by atoms with Gasteiger partial charge in [0, 0.05) is 17.5 Å². The van der Waals surface area contributed by atoms with Crippen molar-refractivity contribution in [1.82, 2.24) is 0 Å². The monoisotopic (exact) mass is 234 g/mol. The molecule has 1 fully saturated rings. The second-order valence-corrected chi connectivity index (χ2v) is 6.18. The lowest BCUT2D eigenvalue weighted by Gasteiger charge is -2.47. The van der Waals surface area contributed by atoms with Crippen LogP contribution in [0.15, 0.2) is 22.5 Å². The molecule has 1 aromatic heterocycles. The van der Waals surface area contributed by atoms with Crippen LogP contribution in [0.1, 0.15) is 37.8 Å². The van der Waals surface area contributed by atoms with Gasteiger partial charge in [-0.25, -0.2) is 0 Å². The summed E-state index contributed by atoms with van der Waals surface area (Å²) in [7, 11) is 0.